The molecule has 0 saturated heterocycles. The fourth-order valence-electron chi connectivity index (χ4n) is 0.846. The minimum atomic E-state index is 0.563. The van der Waals surface area contributed by atoms with Crippen molar-refractivity contribution in [2.75, 3.05) is 0 Å². The first kappa shape index (κ1) is 26.1. The first-order chi connectivity index (χ1) is 11.0. The smallest absolute Gasteiger partial charge is 0.374 e. The molecule has 1 rings (SSSR count). The van der Waals surface area contributed by atoms with Crippen LogP contribution in [0, 0.1) is 5.92 Å². The summed E-state index contributed by atoms with van der Waals surface area (Å²) in [6.45, 7) is 15.9. The summed E-state index contributed by atoms with van der Waals surface area (Å²) in [5, 5.41) is 0. The third-order valence-electron chi connectivity index (χ3n) is 1.67. The highest BCUT2D eigenvalue weighted by Crippen LogP contribution is 2.05. The average Bonchev–Trinajstić information content (AvgIpc) is 2.58. The number of rotatable bonds is 4. The predicted octanol–water partition coefficient (Wildman–Crippen LogP) is 5.57. The van der Waals surface area contributed by atoms with Crippen molar-refractivity contribution in [1.82, 2.24) is 0 Å². The Morgan fingerprint density at radius 3 is 1.83 bits per heavy atom. The number of hydrogen-bond acceptors (Lipinski definition) is 2. The van der Waals surface area contributed by atoms with Crippen molar-refractivity contribution in [3.63, 3.8) is 0 Å². The molecule has 23 heavy (non-hydrogen) atoms. The van der Waals surface area contributed by atoms with Crippen molar-refractivity contribution in [2.24, 2.45) is 5.92 Å². The van der Waals surface area contributed by atoms with Gasteiger partial charge in [-0.2, -0.15) is 0 Å². The van der Waals surface area contributed by atoms with E-state index in [2.05, 4.69) is 36.7 Å². The van der Waals surface area contributed by atoms with Crippen LogP contribution in [0.1, 0.15) is 41.5 Å². The zero-order valence-corrected chi connectivity index (χ0v) is 15.5. The maximum Gasteiger partial charge on any atom is 0.374 e. The van der Waals surface area contributed by atoms with Gasteiger partial charge in [-0.3, -0.25) is 0 Å². The summed E-state index contributed by atoms with van der Waals surface area (Å²) in [6.07, 6.45) is 6.97. The van der Waals surface area contributed by atoms with Gasteiger partial charge in [-0.1, -0.05) is 71.5 Å². The summed E-state index contributed by atoms with van der Waals surface area (Å²) in [5.41, 5.74) is 0. The maximum atomic E-state index is 4.85. The zero-order chi connectivity index (χ0) is 18.5. The molecule has 0 aliphatic heterocycles. The lowest BCUT2D eigenvalue weighted by Gasteiger charge is -1.95. The van der Waals surface area contributed by atoms with Crippen molar-refractivity contribution in [2.45, 2.75) is 41.5 Å². The molecule has 0 heterocycles. The van der Waals surface area contributed by atoms with Gasteiger partial charge in [-0.05, 0) is 37.1 Å². The second-order valence-corrected chi connectivity index (χ2v) is 4.58. The molecule has 0 atom stereocenters. The van der Waals surface area contributed by atoms with Crippen LogP contribution in [0.5, 0.6) is 5.75 Å². The van der Waals surface area contributed by atoms with Gasteiger partial charge in [0.2, 0.25) is 0 Å². The Bertz CT molecular complexity index is 396. The van der Waals surface area contributed by atoms with Crippen LogP contribution in [0.15, 0.2) is 67.0 Å². The molecule has 2 nitrogen and oxygen atoms in total. The monoisotopic (exact) mass is 312 g/mol. The van der Waals surface area contributed by atoms with Crippen LogP contribution in [0.25, 0.3) is 0 Å². The zero-order valence-electron chi connectivity index (χ0n) is 15.5. The molecule has 4 radical (unpaired) electrons. The molecule has 0 aromatic heterocycles. The van der Waals surface area contributed by atoms with Crippen LogP contribution >= 0.6 is 0 Å². The van der Waals surface area contributed by atoms with Gasteiger partial charge in [0.25, 0.3) is 0 Å². The fraction of sp³-hybridized carbons (Fsp3) is 0.368. The minimum Gasteiger partial charge on any atom is -0.568 e. The van der Waals surface area contributed by atoms with E-state index < -0.39 is 0 Å². The second kappa shape index (κ2) is 22.5. The summed E-state index contributed by atoms with van der Waals surface area (Å²) in [7, 11) is 9.70. The Morgan fingerprint density at radius 1 is 1.09 bits per heavy atom. The van der Waals surface area contributed by atoms with E-state index in [1.165, 1.54) is 0 Å². The Morgan fingerprint density at radius 2 is 1.57 bits per heavy atom. The molecular weight excluding hydrogens is 282 g/mol. The van der Waals surface area contributed by atoms with Crippen LogP contribution in [-0.4, -0.2) is 16.1 Å². The van der Waals surface area contributed by atoms with Crippen molar-refractivity contribution in [3.05, 3.63) is 67.0 Å². The Kier molecular flexibility index (Phi) is 25.5. The first-order valence-electron chi connectivity index (χ1n) is 7.75. The van der Waals surface area contributed by atoms with Gasteiger partial charge in [0.05, 0.1) is 11.5 Å². The maximum absolute atomic E-state index is 4.85. The Balaban J connectivity index is -0.000000262. The summed E-state index contributed by atoms with van der Waals surface area (Å²) < 4.78 is 8.81. The topological polar surface area (TPSA) is 18.5 Å². The van der Waals surface area contributed by atoms with E-state index in [1.807, 2.05) is 51.1 Å². The molecule has 1 aromatic carbocycles. The van der Waals surface area contributed by atoms with Gasteiger partial charge in [-0.15, -0.1) is 0 Å². The van der Waals surface area contributed by atoms with Gasteiger partial charge in [0, 0.05) is 0 Å². The molecule has 0 aliphatic rings. The normalized spacial score (nSPS) is 9.43. The van der Waals surface area contributed by atoms with Gasteiger partial charge < -0.3 is 9.31 Å². The molecule has 0 aliphatic carbocycles. The third-order valence-corrected chi connectivity index (χ3v) is 1.67. The highest BCUT2D eigenvalue weighted by molar-refractivity contribution is 5.99. The number of allylic oxidation sites excluding steroid dienone is 4. The molecule has 0 N–H and O–H groups in total. The largest absolute Gasteiger partial charge is 0.568 e. The van der Waals surface area contributed by atoms with Crippen LogP contribution < -0.4 is 4.65 Å². The quantitative estimate of drug-likeness (QED) is 0.411. The SMILES string of the molecule is CC.CC(C)C.[B]O/C(C=C)=C/C=C\C.[B]Oc1ccccc1. The summed E-state index contributed by atoms with van der Waals surface area (Å²) in [5.74, 6) is 2.08. The van der Waals surface area contributed by atoms with Crippen molar-refractivity contribution >= 4 is 16.1 Å². The Hall–Kier alpha value is -1.83. The minimum absolute atomic E-state index is 0.563. The number of benzene rings is 1. The molecule has 124 valence electrons. The molecule has 0 unspecified atom stereocenters. The van der Waals surface area contributed by atoms with Crippen LogP contribution in [0.3, 0.4) is 0 Å². The standard InChI is InChI=1S/C7H9BO.C6H5BO.C4H10.C2H6/c1-3-5-6-7(4-2)9-8;7-8-6-4-2-1-3-5-6;1-4(2)3;1-2/h3-6H,2H2,1H3;1-5H;4H,1-3H3;1-2H3/b5-3-,7-6+;;;. The van der Waals surface area contributed by atoms with Gasteiger partial charge in [0.1, 0.15) is 0 Å². The molecule has 1 aromatic rings. The number of hydrogen-bond donors (Lipinski definition) is 0. The van der Waals surface area contributed by atoms with E-state index in [4.69, 9.17) is 16.1 Å². The van der Waals surface area contributed by atoms with Gasteiger partial charge in [-0.25, -0.2) is 0 Å². The van der Waals surface area contributed by atoms with E-state index in [0.717, 1.165) is 5.92 Å². The van der Waals surface area contributed by atoms with E-state index in [1.54, 1.807) is 24.3 Å². The summed E-state index contributed by atoms with van der Waals surface area (Å²) in [4.78, 5) is 0. The van der Waals surface area contributed by atoms with E-state index in [-0.39, 0.29) is 0 Å². The van der Waals surface area contributed by atoms with Crippen molar-refractivity contribution in [1.29, 1.82) is 0 Å². The molecule has 0 fully saturated rings. The van der Waals surface area contributed by atoms with Gasteiger partial charge in [0.15, 0.2) is 0 Å². The third kappa shape index (κ3) is 25.5. The highest BCUT2D eigenvalue weighted by Gasteiger charge is 1.80. The van der Waals surface area contributed by atoms with Crippen LogP contribution in [0.2, 0.25) is 0 Å². The van der Waals surface area contributed by atoms with E-state index in [9.17, 15) is 0 Å². The lowest BCUT2D eigenvalue weighted by atomic mass is 10.3. The van der Waals surface area contributed by atoms with E-state index in [0.29, 0.717) is 11.5 Å². The Labute approximate surface area is 146 Å². The van der Waals surface area contributed by atoms with Crippen LogP contribution in [-0.2, 0) is 4.65 Å². The van der Waals surface area contributed by atoms with Crippen LogP contribution in [0.4, 0.5) is 0 Å². The first-order valence-corrected chi connectivity index (χ1v) is 7.75. The highest BCUT2D eigenvalue weighted by atomic mass is 16.4. The molecule has 0 bridgehead atoms. The van der Waals surface area contributed by atoms with Crippen molar-refractivity contribution < 1.29 is 9.31 Å². The number of para-hydroxylation sites is 1. The molecular formula is C19H30B2O2. The predicted molar refractivity (Wildman–Crippen MR) is 105 cm³/mol. The second-order valence-electron chi connectivity index (χ2n) is 4.58. The van der Waals surface area contributed by atoms with E-state index >= 15 is 0 Å². The van der Waals surface area contributed by atoms with Crippen molar-refractivity contribution in [3.8, 4) is 5.75 Å². The summed E-state index contributed by atoms with van der Waals surface area (Å²) >= 11 is 0. The molecule has 0 amide bonds. The fourth-order valence-corrected chi connectivity index (χ4v) is 0.846. The molecule has 0 saturated carbocycles. The lowest BCUT2D eigenvalue weighted by molar-refractivity contribution is 0.493. The molecule has 4 heteroatoms. The summed E-state index contributed by atoms with van der Waals surface area (Å²) in [6, 6.07) is 9.22. The van der Waals surface area contributed by atoms with Gasteiger partial charge >= 0.3 is 16.1 Å². The average molecular weight is 312 g/mol. The lowest BCUT2D eigenvalue weighted by Crippen LogP contribution is -1.81. The molecule has 0 spiro atoms.